The van der Waals surface area contributed by atoms with Gasteiger partial charge in [-0.2, -0.15) is 0 Å². The molecule has 3 nitrogen and oxygen atoms in total. The third-order valence-corrected chi connectivity index (χ3v) is 2.38. The molecule has 2 rings (SSSR count). The number of hydrogen-bond acceptors (Lipinski definition) is 2. The molecule has 0 unspecified atom stereocenters. The van der Waals surface area contributed by atoms with Gasteiger partial charge in [0.1, 0.15) is 11.5 Å². The first-order valence-corrected chi connectivity index (χ1v) is 5.11. The Morgan fingerprint density at radius 1 is 1.12 bits per heavy atom. The molecule has 1 N–H and O–H groups in total. The van der Waals surface area contributed by atoms with Gasteiger partial charge in [0.05, 0.1) is 0 Å². The number of para-hydroxylation sites is 1. The molecule has 16 heavy (non-hydrogen) atoms. The summed E-state index contributed by atoms with van der Waals surface area (Å²) in [5.74, 6) is 0.729. The van der Waals surface area contributed by atoms with Crippen LogP contribution in [0.25, 0.3) is 0 Å². The first-order valence-electron chi connectivity index (χ1n) is 5.11. The Morgan fingerprint density at radius 2 is 1.88 bits per heavy atom. The van der Waals surface area contributed by atoms with E-state index in [2.05, 4.69) is 0 Å². The van der Waals surface area contributed by atoms with Crippen molar-refractivity contribution in [2.75, 3.05) is 0 Å². The number of carboxylic acids is 1. The predicted octanol–water partition coefficient (Wildman–Crippen LogP) is 2.75. The van der Waals surface area contributed by atoms with Crippen LogP contribution in [0.4, 0.5) is 0 Å². The van der Waals surface area contributed by atoms with Crippen LogP contribution in [0.15, 0.2) is 53.8 Å². The second-order valence-corrected chi connectivity index (χ2v) is 3.55. The van der Waals surface area contributed by atoms with Gasteiger partial charge in [0, 0.05) is 12.0 Å². The predicted molar refractivity (Wildman–Crippen MR) is 60.1 cm³/mol. The molecule has 0 saturated heterocycles. The maximum Gasteiger partial charge on any atom is 0.331 e. The van der Waals surface area contributed by atoms with Crippen molar-refractivity contribution in [1.29, 1.82) is 0 Å². The Morgan fingerprint density at radius 3 is 2.44 bits per heavy atom. The second kappa shape index (κ2) is 4.66. The van der Waals surface area contributed by atoms with Crippen molar-refractivity contribution >= 4 is 5.97 Å². The Bertz CT molecular complexity index is 444. The average molecular weight is 216 g/mol. The zero-order valence-electron chi connectivity index (χ0n) is 8.72. The summed E-state index contributed by atoms with van der Waals surface area (Å²) in [4.78, 5) is 10.7. The Kier molecular flexibility index (Phi) is 3.05. The maximum absolute atomic E-state index is 10.7. The molecule has 1 aromatic carbocycles. The number of benzene rings is 1. The van der Waals surface area contributed by atoms with Crippen molar-refractivity contribution < 1.29 is 14.6 Å². The van der Waals surface area contributed by atoms with Crippen LogP contribution in [-0.2, 0) is 4.79 Å². The molecule has 0 heterocycles. The lowest BCUT2D eigenvalue weighted by Gasteiger charge is -2.13. The van der Waals surface area contributed by atoms with Crippen LogP contribution < -0.4 is 4.74 Å². The van der Waals surface area contributed by atoms with E-state index in [0.29, 0.717) is 18.4 Å². The number of aliphatic carboxylic acids is 1. The maximum atomic E-state index is 10.7. The number of carbonyl (C=O) groups is 1. The summed E-state index contributed by atoms with van der Waals surface area (Å²) in [5.41, 5.74) is 0.431. The summed E-state index contributed by atoms with van der Waals surface area (Å²) in [6.07, 6.45) is 4.48. The molecule has 0 atom stereocenters. The molecule has 1 aliphatic rings. The monoisotopic (exact) mass is 216 g/mol. The van der Waals surface area contributed by atoms with Crippen molar-refractivity contribution in [2.24, 2.45) is 0 Å². The molecule has 0 amide bonds. The van der Waals surface area contributed by atoms with Crippen molar-refractivity contribution in [2.45, 2.75) is 12.8 Å². The van der Waals surface area contributed by atoms with Crippen molar-refractivity contribution in [3.63, 3.8) is 0 Å². The molecule has 0 spiro atoms. The van der Waals surface area contributed by atoms with Crippen LogP contribution in [0.2, 0.25) is 0 Å². The molecule has 0 radical (unpaired) electrons. The third kappa shape index (κ3) is 2.51. The number of ether oxygens (including phenoxy) is 1. The minimum atomic E-state index is -0.852. The van der Waals surface area contributed by atoms with Crippen LogP contribution in [0.3, 0.4) is 0 Å². The molecule has 0 aliphatic heterocycles. The van der Waals surface area contributed by atoms with Crippen molar-refractivity contribution in [1.82, 2.24) is 0 Å². The topological polar surface area (TPSA) is 46.5 Å². The number of hydrogen-bond donors (Lipinski definition) is 1. The van der Waals surface area contributed by atoms with E-state index in [4.69, 9.17) is 9.84 Å². The molecular formula is C13H12O3. The highest BCUT2D eigenvalue weighted by Crippen LogP contribution is 2.22. The van der Waals surface area contributed by atoms with E-state index >= 15 is 0 Å². The lowest BCUT2D eigenvalue weighted by atomic mass is 10.0. The largest absolute Gasteiger partial charge is 0.478 e. The molecule has 82 valence electrons. The SMILES string of the molecule is O=C(O)C1=CC=C(Oc2ccccc2)CC1. The molecule has 0 saturated carbocycles. The Balaban J connectivity index is 2.06. The molecule has 1 aromatic rings. The summed E-state index contributed by atoms with van der Waals surface area (Å²) >= 11 is 0. The van der Waals surface area contributed by atoms with Gasteiger partial charge in [-0.15, -0.1) is 0 Å². The standard InChI is InChI=1S/C13H12O3/c14-13(15)10-6-8-12(9-7-10)16-11-4-2-1-3-5-11/h1-6,8H,7,9H2,(H,14,15). The Hall–Kier alpha value is -2.03. The van der Waals surface area contributed by atoms with Crippen LogP contribution in [0, 0.1) is 0 Å². The quantitative estimate of drug-likeness (QED) is 0.845. The Labute approximate surface area is 93.7 Å². The molecule has 0 bridgehead atoms. The van der Waals surface area contributed by atoms with E-state index in [1.807, 2.05) is 30.3 Å². The number of allylic oxidation sites excluding steroid dienone is 3. The van der Waals surface area contributed by atoms with E-state index in [9.17, 15) is 4.79 Å². The van der Waals surface area contributed by atoms with Crippen molar-refractivity contribution in [3.05, 3.63) is 53.8 Å². The highest BCUT2D eigenvalue weighted by molar-refractivity contribution is 5.87. The first kappa shape index (κ1) is 10.5. The highest BCUT2D eigenvalue weighted by atomic mass is 16.5. The molecule has 1 aliphatic carbocycles. The average Bonchev–Trinajstić information content (AvgIpc) is 2.31. The van der Waals surface area contributed by atoms with E-state index in [1.165, 1.54) is 0 Å². The summed E-state index contributed by atoms with van der Waals surface area (Å²) in [6, 6.07) is 9.47. The van der Waals surface area contributed by atoms with Gasteiger partial charge < -0.3 is 9.84 Å². The van der Waals surface area contributed by atoms with Crippen LogP contribution in [-0.4, -0.2) is 11.1 Å². The van der Waals surface area contributed by atoms with E-state index in [-0.39, 0.29) is 0 Å². The minimum Gasteiger partial charge on any atom is -0.478 e. The number of rotatable bonds is 3. The van der Waals surface area contributed by atoms with Crippen LogP contribution in [0.5, 0.6) is 5.75 Å². The lowest BCUT2D eigenvalue weighted by molar-refractivity contribution is -0.132. The van der Waals surface area contributed by atoms with Gasteiger partial charge in [0.2, 0.25) is 0 Å². The van der Waals surface area contributed by atoms with Crippen LogP contribution >= 0.6 is 0 Å². The zero-order chi connectivity index (χ0) is 11.4. The fourth-order valence-electron chi connectivity index (χ4n) is 1.52. The summed E-state index contributed by atoms with van der Waals surface area (Å²) in [6.45, 7) is 0. The molecule has 0 aromatic heterocycles. The van der Waals surface area contributed by atoms with Gasteiger partial charge in [0.25, 0.3) is 0 Å². The van der Waals surface area contributed by atoms with Gasteiger partial charge in [-0.25, -0.2) is 4.79 Å². The van der Waals surface area contributed by atoms with Gasteiger partial charge in [-0.3, -0.25) is 0 Å². The summed E-state index contributed by atoms with van der Waals surface area (Å²) in [7, 11) is 0. The van der Waals surface area contributed by atoms with Crippen molar-refractivity contribution in [3.8, 4) is 5.75 Å². The minimum absolute atomic E-state index is 0.431. The lowest BCUT2D eigenvalue weighted by Crippen LogP contribution is -2.06. The van der Waals surface area contributed by atoms with Gasteiger partial charge in [-0.1, -0.05) is 18.2 Å². The zero-order valence-corrected chi connectivity index (χ0v) is 8.72. The van der Waals surface area contributed by atoms with Gasteiger partial charge in [0.15, 0.2) is 0 Å². The normalized spacial score (nSPS) is 15.0. The number of carboxylic acid groups (broad SMARTS) is 1. The summed E-state index contributed by atoms with van der Waals surface area (Å²) < 4.78 is 5.61. The molecule has 0 fully saturated rings. The summed E-state index contributed by atoms with van der Waals surface area (Å²) in [5, 5.41) is 8.78. The smallest absolute Gasteiger partial charge is 0.331 e. The van der Waals surface area contributed by atoms with Crippen LogP contribution in [0.1, 0.15) is 12.8 Å². The van der Waals surface area contributed by atoms with E-state index in [0.717, 1.165) is 11.5 Å². The van der Waals surface area contributed by atoms with E-state index < -0.39 is 5.97 Å². The van der Waals surface area contributed by atoms with E-state index in [1.54, 1.807) is 12.2 Å². The second-order valence-electron chi connectivity index (χ2n) is 3.55. The fraction of sp³-hybridized carbons (Fsp3) is 0.154. The third-order valence-electron chi connectivity index (χ3n) is 2.38. The highest BCUT2D eigenvalue weighted by Gasteiger charge is 2.12. The van der Waals surface area contributed by atoms with Gasteiger partial charge >= 0.3 is 5.97 Å². The van der Waals surface area contributed by atoms with Gasteiger partial charge in [-0.05, 0) is 30.7 Å². The molecular weight excluding hydrogens is 204 g/mol. The fourth-order valence-corrected chi connectivity index (χ4v) is 1.52. The molecule has 3 heteroatoms. The first-order chi connectivity index (χ1) is 7.75.